The van der Waals surface area contributed by atoms with E-state index in [4.69, 9.17) is 10.7 Å². The molecule has 1 atom stereocenters. The van der Waals surface area contributed by atoms with Crippen molar-refractivity contribution in [3.05, 3.63) is 29.6 Å². The molecule has 0 N–H and O–H groups in total. The molecule has 1 fully saturated rings. The number of alkyl halides is 3. The van der Waals surface area contributed by atoms with Crippen LogP contribution in [-0.2, 0) is 20.0 Å². The number of benzene rings is 1. The van der Waals surface area contributed by atoms with Crippen molar-refractivity contribution in [2.45, 2.75) is 17.8 Å². The highest BCUT2D eigenvalue weighted by molar-refractivity contribution is 8.14. The molecule has 4 nitrogen and oxygen atoms in total. The molecule has 2 rings (SSSR count). The molecule has 1 heterocycles. The zero-order valence-electron chi connectivity index (χ0n) is 10.2. The van der Waals surface area contributed by atoms with E-state index in [2.05, 4.69) is 0 Å². The quantitative estimate of drug-likeness (QED) is 0.611. The summed E-state index contributed by atoms with van der Waals surface area (Å²) in [4.78, 5) is 12.4. The van der Waals surface area contributed by atoms with Crippen molar-refractivity contribution in [2.24, 2.45) is 0 Å². The maximum Gasteiger partial charge on any atom is 0.419 e. The molecule has 10 heteroatoms. The number of hydrogen-bond donors (Lipinski definition) is 0. The first-order valence-corrected chi connectivity index (χ1v) is 7.98. The minimum atomic E-state index is -4.92. The van der Waals surface area contributed by atoms with E-state index in [0.717, 1.165) is 12.1 Å². The summed E-state index contributed by atoms with van der Waals surface area (Å²) in [5, 5.41) is -1.28. The molecular weight excluding hydrogens is 338 g/mol. The van der Waals surface area contributed by atoms with Gasteiger partial charge in [0.1, 0.15) is 5.25 Å². The fraction of sp³-hybridized carbons (Fsp3) is 0.364. The number of carbonyl (C=O) groups excluding carboxylic acids is 1. The second-order valence-electron chi connectivity index (χ2n) is 4.44. The zero-order valence-corrected chi connectivity index (χ0v) is 11.8. The zero-order chi connectivity index (χ0) is 16.0. The van der Waals surface area contributed by atoms with Crippen molar-refractivity contribution in [2.75, 3.05) is 11.4 Å². The van der Waals surface area contributed by atoms with Gasteiger partial charge in [-0.15, -0.1) is 0 Å². The van der Waals surface area contributed by atoms with Crippen molar-refractivity contribution in [1.29, 1.82) is 0 Å². The summed E-state index contributed by atoms with van der Waals surface area (Å²) < 4.78 is 74.1. The molecule has 21 heavy (non-hydrogen) atoms. The summed E-state index contributed by atoms with van der Waals surface area (Å²) in [6, 6.07) is 2.46. The molecule has 0 saturated carbocycles. The minimum absolute atomic E-state index is 0.483. The largest absolute Gasteiger partial charge is 0.419 e. The lowest BCUT2D eigenvalue weighted by atomic mass is 10.1. The highest BCUT2D eigenvalue weighted by atomic mass is 35.7. The molecule has 1 aliphatic heterocycles. The number of nitrogens with zero attached hydrogens (tertiary/aromatic N) is 1. The second kappa shape index (κ2) is 5.13. The summed E-state index contributed by atoms with van der Waals surface area (Å²) in [5.74, 6) is -2.42. The third-order valence-electron chi connectivity index (χ3n) is 3.06. The van der Waals surface area contributed by atoms with Gasteiger partial charge in [-0.25, -0.2) is 12.8 Å². The number of anilines is 1. The number of carbonyl (C=O) groups is 1. The second-order valence-corrected chi connectivity index (χ2v) is 7.35. The maximum absolute atomic E-state index is 13.9. The SMILES string of the molecule is O=C1CC(S(=O)(=O)Cl)CN1c1cccc(C(F)(F)F)c1F. The Hall–Kier alpha value is -1.35. The third-order valence-corrected chi connectivity index (χ3v) is 4.93. The van der Waals surface area contributed by atoms with Crippen molar-refractivity contribution in [1.82, 2.24) is 0 Å². The van der Waals surface area contributed by atoms with Gasteiger partial charge in [0.05, 0.1) is 11.3 Å². The Kier molecular flexibility index (Phi) is 3.92. The molecule has 0 radical (unpaired) electrons. The van der Waals surface area contributed by atoms with Crippen molar-refractivity contribution in [3.8, 4) is 0 Å². The molecule has 1 aromatic rings. The first-order valence-electron chi connectivity index (χ1n) is 5.61. The van der Waals surface area contributed by atoms with Gasteiger partial charge in [0.2, 0.25) is 15.0 Å². The Morgan fingerprint density at radius 2 is 1.90 bits per heavy atom. The molecule has 1 amide bonds. The van der Waals surface area contributed by atoms with Crippen LogP contribution >= 0.6 is 10.7 Å². The summed E-state index contributed by atoms with van der Waals surface area (Å²) in [6.45, 7) is -0.483. The van der Waals surface area contributed by atoms with E-state index in [-0.39, 0.29) is 0 Å². The van der Waals surface area contributed by atoms with Gasteiger partial charge < -0.3 is 4.90 Å². The van der Waals surface area contributed by atoms with E-state index in [9.17, 15) is 30.8 Å². The average Bonchev–Trinajstić information content (AvgIpc) is 2.70. The van der Waals surface area contributed by atoms with E-state index in [1.807, 2.05) is 0 Å². The molecule has 116 valence electrons. The van der Waals surface area contributed by atoms with Crippen LogP contribution in [0.3, 0.4) is 0 Å². The Morgan fingerprint density at radius 3 is 2.38 bits per heavy atom. The van der Waals surface area contributed by atoms with Crippen LogP contribution in [0.2, 0.25) is 0 Å². The fourth-order valence-electron chi connectivity index (χ4n) is 2.04. The van der Waals surface area contributed by atoms with Crippen molar-refractivity contribution >= 4 is 31.3 Å². The van der Waals surface area contributed by atoms with Gasteiger partial charge in [-0.2, -0.15) is 13.2 Å². The molecule has 0 aliphatic carbocycles. The highest BCUT2D eigenvalue weighted by Gasteiger charge is 2.41. The van der Waals surface area contributed by atoms with Gasteiger partial charge in [-0.05, 0) is 12.1 Å². The molecule has 1 aliphatic rings. The number of amides is 1. The standard InChI is InChI=1S/C11H8ClF4NO3S/c12-21(19,20)6-4-9(18)17(5-6)8-3-1-2-7(10(8)13)11(14,15)16/h1-3,6H,4-5H2. The summed E-state index contributed by atoms with van der Waals surface area (Å²) in [6.07, 6.45) is -5.41. The summed E-state index contributed by atoms with van der Waals surface area (Å²) >= 11 is 0. The minimum Gasteiger partial charge on any atom is -0.308 e. The number of rotatable bonds is 2. The third kappa shape index (κ3) is 3.13. The molecule has 1 aromatic carbocycles. The molecule has 0 bridgehead atoms. The lowest BCUT2D eigenvalue weighted by Gasteiger charge is -2.19. The van der Waals surface area contributed by atoms with Crippen molar-refractivity contribution in [3.63, 3.8) is 0 Å². The predicted molar refractivity (Wildman–Crippen MR) is 66.9 cm³/mol. The van der Waals surface area contributed by atoms with Crippen LogP contribution in [-0.4, -0.2) is 26.1 Å². The van der Waals surface area contributed by atoms with Gasteiger partial charge in [-0.3, -0.25) is 4.79 Å². The molecule has 1 saturated heterocycles. The van der Waals surface area contributed by atoms with Crippen LogP contribution in [0.25, 0.3) is 0 Å². The Morgan fingerprint density at radius 1 is 1.29 bits per heavy atom. The Bertz CT molecular complexity index is 689. The van der Waals surface area contributed by atoms with E-state index in [1.165, 1.54) is 0 Å². The molecular formula is C11H8ClF4NO3S. The fourth-order valence-corrected chi connectivity index (χ4v) is 3.07. The lowest BCUT2D eigenvalue weighted by Crippen LogP contribution is -2.28. The highest BCUT2D eigenvalue weighted by Crippen LogP contribution is 2.36. The van der Waals surface area contributed by atoms with Gasteiger partial charge in [0, 0.05) is 23.6 Å². The van der Waals surface area contributed by atoms with Gasteiger partial charge in [-0.1, -0.05) is 6.07 Å². The average molecular weight is 346 g/mol. The van der Waals surface area contributed by atoms with Gasteiger partial charge in [0.25, 0.3) is 0 Å². The van der Waals surface area contributed by atoms with Gasteiger partial charge >= 0.3 is 6.18 Å². The maximum atomic E-state index is 13.9. The first-order chi connectivity index (χ1) is 9.51. The summed E-state index contributed by atoms with van der Waals surface area (Å²) in [5.41, 5.74) is -2.14. The smallest absolute Gasteiger partial charge is 0.308 e. The molecule has 0 aromatic heterocycles. The van der Waals surface area contributed by atoms with E-state index in [1.54, 1.807) is 0 Å². The van der Waals surface area contributed by atoms with Crippen LogP contribution < -0.4 is 4.90 Å². The number of halogens is 5. The first kappa shape index (κ1) is 16.0. The van der Waals surface area contributed by atoms with Gasteiger partial charge in [0.15, 0.2) is 5.82 Å². The monoisotopic (exact) mass is 345 g/mol. The normalized spacial score (nSPS) is 20.1. The topological polar surface area (TPSA) is 54.5 Å². The number of hydrogen-bond acceptors (Lipinski definition) is 3. The van der Waals surface area contributed by atoms with Crippen LogP contribution in [0.5, 0.6) is 0 Å². The van der Waals surface area contributed by atoms with Crippen LogP contribution in [0.4, 0.5) is 23.2 Å². The molecule has 1 unspecified atom stereocenters. The van der Waals surface area contributed by atoms with Crippen LogP contribution in [0.15, 0.2) is 18.2 Å². The van der Waals surface area contributed by atoms with E-state index in [0.29, 0.717) is 11.0 Å². The summed E-state index contributed by atoms with van der Waals surface area (Å²) in [7, 11) is 1.06. The Balaban J connectivity index is 2.42. The van der Waals surface area contributed by atoms with E-state index >= 15 is 0 Å². The Labute approximate surface area is 121 Å². The van der Waals surface area contributed by atoms with E-state index < -0.39 is 56.4 Å². The van der Waals surface area contributed by atoms with Crippen LogP contribution in [0, 0.1) is 5.82 Å². The molecule has 0 spiro atoms. The lowest BCUT2D eigenvalue weighted by molar-refractivity contribution is -0.140. The van der Waals surface area contributed by atoms with Crippen molar-refractivity contribution < 1.29 is 30.8 Å². The van der Waals surface area contributed by atoms with Crippen LogP contribution in [0.1, 0.15) is 12.0 Å². The predicted octanol–water partition coefficient (Wildman–Crippen LogP) is 2.52.